The van der Waals surface area contributed by atoms with E-state index in [2.05, 4.69) is 4.98 Å². The highest BCUT2D eigenvalue weighted by Crippen LogP contribution is 2.35. The molecule has 0 saturated carbocycles. The van der Waals surface area contributed by atoms with Gasteiger partial charge in [-0.15, -0.1) is 0 Å². The molecule has 2 nitrogen and oxygen atoms in total. The third kappa shape index (κ3) is 1.14. The molecule has 0 aliphatic carbocycles. The Hall–Kier alpha value is -0.990. The van der Waals surface area contributed by atoms with Crippen molar-refractivity contribution in [1.29, 1.82) is 0 Å². The van der Waals surface area contributed by atoms with Gasteiger partial charge in [-0.1, -0.05) is 17.7 Å². The Bertz CT molecular complexity index is 459. The van der Waals surface area contributed by atoms with E-state index in [1.165, 1.54) is 10.9 Å². The monoisotopic (exact) mass is 193 g/mol. The Morgan fingerprint density at radius 2 is 2.31 bits per heavy atom. The highest BCUT2D eigenvalue weighted by Gasteiger charge is 2.27. The SMILES string of the molecule is Clc1ccc2c([C@@H]3CO3)c[nH]c2c1. The molecule has 1 atom stereocenters. The molecule has 0 amide bonds. The summed E-state index contributed by atoms with van der Waals surface area (Å²) >= 11 is 5.87. The minimum Gasteiger partial charge on any atom is -0.368 e. The van der Waals surface area contributed by atoms with Crippen molar-refractivity contribution in [2.24, 2.45) is 0 Å². The minimum atomic E-state index is 0.301. The first kappa shape index (κ1) is 7.42. The molecule has 1 aliphatic rings. The third-order valence-corrected chi connectivity index (χ3v) is 2.59. The summed E-state index contributed by atoms with van der Waals surface area (Å²) in [4.78, 5) is 3.19. The van der Waals surface area contributed by atoms with E-state index in [0.717, 1.165) is 17.1 Å². The van der Waals surface area contributed by atoms with Gasteiger partial charge >= 0.3 is 0 Å². The van der Waals surface area contributed by atoms with E-state index in [4.69, 9.17) is 16.3 Å². The van der Waals surface area contributed by atoms with Crippen molar-refractivity contribution in [2.75, 3.05) is 6.61 Å². The van der Waals surface area contributed by atoms with E-state index >= 15 is 0 Å². The minimum absolute atomic E-state index is 0.301. The van der Waals surface area contributed by atoms with Gasteiger partial charge in [0.25, 0.3) is 0 Å². The lowest BCUT2D eigenvalue weighted by molar-refractivity contribution is 0.417. The van der Waals surface area contributed by atoms with Crippen LogP contribution < -0.4 is 0 Å². The van der Waals surface area contributed by atoms with Crippen LogP contribution in [-0.4, -0.2) is 11.6 Å². The number of H-pyrrole nitrogens is 1. The van der Waals surface area contributed by atoms with E-state index in [9.17, 15) is 0 Å². The second-order valence-electron chi connectivity index (χ2n) is 3.26. The smallest absolute Gasteiger partial charge is 0.108 e. The van der Waals surface area contributed by atoms with E-state index in [1.54, 1.807) is 0 Å². The summed E-state index contributed by atoms with van der Waals surface area (Å²) in [6.07, 6.45) is 2.30. The first-order valence-corrected chi connectivity index (χ1v) is 4.60. The maximum absolute atomic E-state index is 5.87. The average molecular weight is 194 g/mol. The van der Waals surface area contributed by atoms with E-state index in [0.29, 0.717) is 6.10 Å². The van der Waals surface area contributed by atoms with Gasteiger partial charge in [0.1, 0.15) is 6.10 Å². The number of epoxide rings is 1. The van der Waals surface area contributed by atoms with Crippen molar-refractivity contribution >= 4 is 22.5 Å². The Labute approximate surface area is 80.5 Å². The zero-order chi connectivity index (χ0) is 8.84. The molecular weight excluding hydrogens is 186 g/mol. The number of halogens is 1. The van der Waals surface area contributed by atoms with Crippen LogP contribution in [0.25, 0.3) is 10.9 Å². The molecule has 0 radical (unpaired) electrons. The molecule has 13 heavy (non-hydrogen) atoms. The van der Waals surface area contributed by atoms with Gasteiger partial charge in [-0.05, 0) is 12.1 Å². The molecule has 2 heterocycles. The van der Waals surface area contributed by atoms with Gasteiger partial charge in [-0.3, -0.25) is 0 Å². The van der Waals surface area contributed by atoms with Gasteiger partial charge < -0.3 is 9.72 Å². The molecule has 0 bridgehead atoms. The fourth-order valence-electron chi connectivity index (χ4n) is 1.61. The van der Waals surface area contributed by atoms with Gasteiger partial charge in [0, 0.05) is 27.7 Å². The number of ether oxygens (including phenoxy) is 1. The van der Waals surface area contributed by atoms with E-state index < -0.39 is 0 Å². The zero-order valence-corrected chi connectivity index (χ0v) is 7.64. The summed E-state index contributed by atoms with van der Waals surface area (Å²) in [6.45, 7) is 0.843. The molecule has 3 rings (SSSR count). The number of aromatic amines is 1. The molecule has 3 heteroatoms. The van der Waals surface area contributed by atoms with Crippen LogP contribution in [0.15, 0.2) is 24.4 Å². The summed E-state index contributed by atoms with van der Waals surface area (Å²) in [5.41, 5.74) is 2.32. The fourth-order valence-corrected chi connectivity index (χ4v) is 1.79. The lowest BCUT2D eigenvalue weighted by Gasteiger charge is -1.93. The molecule has 66 valence electrons. The molecule has 1 aromatic heterocycles. The molecular formula is C10H8ClNO. The highest BCUT2D eigenvalue weighted by molar-refractivity contribution is 6.31. The Kier molecular flexibility index (Phi) is 1.43. The molecule has 1 aliphatic heterocycles. The normalized spacial score (nSPS) is 20.8. The summed E-state index contributed by atoms with van der Waals surface area (Å²) in [7, 11) is 0. The van der Waals surface area contributed by atoms with Crippen LogP contribution in [0.1, 0.15) is 11.7 Å². The second-order valence-corrected chi connectivity index (χ2v) is 3.69. The number of hydrogen-bond acceptors (Lipinski definition) is 1. The van der Waals surface area contributed by atoms with Crippen LogP contribution >= 0.6 is 11.6 Å². The maximum Gasteiger partial charge on any atom is 0.108 e. The van der Waals surface area contributed by atoms with Crippen LogP contribution in [0, 0.1) is 0 Å². The highest BCUT2D eigenvalue weighted by atomic mass is 35.5. The Morgan fingerprint density at radius 1 is 1.46 bits per heavy atom. The molecule has 2 aromatic rings. The van der Waals surface area contributed by atoms with Crippen molar-refractivity contribution in [3.63, 3.8) is 0 Å². The largest absolute Gasteiger partial charge is 0.368 e. The van der Waals surface area contributed by atoms with Gasteiger partial charge in [0.2, 0.25) is 0 Å². The van der Waals surface area contributed by atoms with Crippen molar-refractivity contribution in [3.05, 3.63) is 35.0 Å². The maximum atomic E-state index is 5.87. The van der Waals surface area contributed by atoms with E-state index in [1.807, 2.05) is 24.4 Å². The lowest BCUT2D eigenvalue weighted by atomic mass is 10.1. The Morgan fingerprint density at radius 3 is 3.08 bits per heavy atom. The van der Waals surface area contributed by atoms with Crippen LogP contribution in [0.5, 0.6) is 0 Å². The number of benzene rings is 1. The molecule has 1 saturated heterocycles. The van der Waals surface area contributed by atoms with Crippen LogP contribution in [0.4, 0.5) is 0 Å². The summed E-state index contributed by atoms with van der Waals surface area (Å²) in [5, 5.41) is 1.98. The fraction of sp³-hybridized carbons (Fsp3) is 0.200. The summed E-state index contributed by atoms with van der Waals surface area (Å²) < 4.78 is 5.24. The number of hydrogen-bond donors (Lipinski definition) is 1. The van der Waals surface area contributed by atoms with Gasteiger partial charge in [-0.2, -0.15) is 0 Å². The number of fused-ring (bicyclic) bond motifs is 1. The van der Waals surface area contributed by atoms with E-state index in [-0.39, 0.29) is 0 Å². The third-order valence-electron chi connectivity index (χ3n) is 2.36. The molecule has 1 aromatic carbocycles. The molecule has 1 fully saturated rings. The topological polar surface area (TPSA) is 28.3 Å². The van der Waals surface area contributed by atoms with Gasteiger partial charge in [-0.25, -0.2) is 0 Å². The average Bonchev–Trinajstić information content (AvgIpc) is 2.87. The number of rotatable bonds is 1. The zero-order valence-electron chi connectivity index (χ0n) is 6.88. The Balaban J connectivity index is 2.26. The van der Waals surface area contributed by atoms with Crippen molar-refractivity contribution in [2.45, 2.75) is 6.10 Å². The lowest BCUT2D eigenvalue weighted by Crippen LogP contribution is -1.75. The van der Waals surface area contributed by atoms with Crippen LogP contribution in [-0.2, 0) is 4.74 Å². The first-order chi connectivity index (χ1) is 6.34. The predicted molar refractivity (Wildman–Crippen MR) is 52.0 cm³/mol. The summed E-state index contributed by atoms with van der Waals surface area (Å²) in [6, 6.07) is 5.87. The first-order valence-electron chi connectivity index (χ1n) is 4.23. The van der Waals surface area contributed by atoms with Gasteiger partial charge in [0.05, 0.1) is 6.61 Å². The quantitative estimate of drug-likeness (QED) is 0.694. The van der Waals surface area contributed by atoms with Crippen LogP contribution in [0.3, 0.4) is 0 Å². The molecule has 0 spiro atoms. The molecule has 1 N–H and O–H groups in total. The van der Waals surface area contributed by atoms with Crippen molar-refractivity contribution in [1.82, 2.24) is 4.98 Å². The van der Waals surface area contributed by atoms with Crippen molar-refractivity contribution < 1.29 is 4.74 Å². The van der Waals surface area contributed by atoms with Gasteiger partial charge in [0.15, 0.2) is 0 Å². The number of aromatic nitrogens is 1. The number of nitrogens with one attached hydrogen (secondary N) is 1. The predicted octanol–water partition coefficient (Wildman–Crippen LogP) is 2.89. The molecule has 0 unspecified atom stereocenters. The second kappa shape index (κ2) is 2.50. The standard InChI is InChI=1S/C10H8ClNO/c11-6-1-2-7-8(10-5-13-10)4-12-9(7)3-6/h1-4,10,12H,5H2/t10-/m0/s1. The summed E-state index contributed by atoms with van der Waals surface area (Å²) in [5.74, 6) is 0. The van der Waals surface area contributed by atoms with Crippen LogP contribution in [0.2, 0.25) is 5.02 Å². The van der Waals surface area contributed by atoms with Crippen molar-refractivity contribution in [3.8, 4) is 0 Å².